The predicted molar refractivity (Wildman–Crippen MR) is 103 cm³/mol. The van der Waals surface area contributed by atoms with Crippen molar-refractivity contribution in [1.82, 2.24) is 19.6 Å². The average molecular weight is 351 g/mol. The van der Waals surface area contributed by atoms with Crippen molar-refractivity contribution in [2.24, 2.45) is 13.0 Å². The lowest BCUT2D eigenvalue weighted by atomic mass is 9.85. The van der Waals surface area contributed by atoms with Crippen molar-refractivity contribution in [1.29, 1.82) is 5.26 Å². The first-order valence-electron chi connectivity index (χ1n) is 9.51. The smallest absolute Gasteiger partial charge is 0.0991 e. The van der Waals surface area contributed by atoms with Gasteiger partial charge in [0.25, 0.3) is 0 Å². The highest BCUT2D eigenvalue weighted by molar-refractivity contribution is 5.32. The zero-order valence-electron chi connectivity index (χ0n) is 16.1. The van der Waals surface area contributed by atoms with Crippen LogP contribution in [0.5, 0.6) is 0 Å². The molecule has 1 aromatic heterocycles. The van der Waals surface area contributed by atoms with Crippen LogP contribution in [0.15, 0.2) is 36.7 Å². The third-order valence-electron chi connectivity index (χ3n) is 5.39. The summed E-state index contributed by atoms with van der Waals surface area (Å²) in [5.74, 6) is 0.594. The van der Waals surface area contributed by atoms with E-state index in [4.69, 9.17) is 5.26 Å². The van der Waals surface area contributed by atoms with Crippen LogP contribution in [0.1, 0.15) is 42.5 Å². The van der Waals surface area contributed by atoms with Gasteiger partial charge >= 0.3 is 0 Å². The van der Waals surface area contributed by atoms with E-state index in [0.717, 1.165) is 25.2 Å². The van der Waals surface area contributed by atoms with Gasteiger partial charge in [-0.1, -0.05) is 19.1 Å². The number of nitrogens with zero attached hydrogens (tertiary/aromatic N) is 5. The van der Waals surface area contributed by atoms with E-state index in [-0.39, 0.29) is 0 Å². The molecule has 2 aromatic rings. The van der Waals surface area contributed by atoms with E-state index < -0.39 is 0 Å². The molecule has 1 aromatic carbocycles. The standard InChI is InChI=1S/C21H29N5/c1-4-26-10-6-9-19(21(26)20-13-23-25(3)16-20)15-24(2)14-18-8-5-7-17(11-18)12-22/h5,7-8,11,13,16,19,21H,4,6,9-10,14-15H2,1-3H3/t19-,21+/m0/s1. The van der Waals surface area contributed by atoms with Crippen LogP contribution in [0.4, 0.5) is 0 Å². The quantitative estimate of drug-likeness (QED) is 0.802. The van der Waals surface area contributed by atoms with Crippen LogP contribution in [-0.2, 0) is 13.6 Å². The van der Waals surface area contributed by atoms with Gasteiger partial charge in [-0.2, -0.15) is 10.4 Å². The van der Waals surface area contributed by atoms with Gasteiger partial charge < -0.3 is 4.90 Å². The van der Waals surface area contributed by atoms with Crippen molar-refractivity contribution in [2.75, 3.05) is 26.7 Å². The summed E-state index contributed by atoms with van der Waals surface area (Å²) < 4.78 is 1.91. The number of aryl methyl sites for hydroxylation is 1. The second kappa shape index (κ2) is 8.48. The number of piperidine rings is 1. The Labute approximate surface area is 156 Å². The highest BCUT2D eigenvalue weighted by Gasteiger charge is 2.33. The number of nitriles is 1. The van der Waals surface area contributed by atoms with E-state index in [0.29, 0.717) is 12.0 Å². The predicted octanol–water partition coefficient (Wildman–Crippen LogP) is 3.20. The van der Waals surface area contributed by atoms with Crippen LogP contribution in [0, 0.1) is 17.2 Å². The molecular weight excluding hydrogens is 322 g/mol. The molecule has 0 aliphatic carbocycles. The van der Waals surface area contributed by atoms with Gasteiger partial charge in [-0.05, 0) is 56.6 Å². The van der Waals surface area contributed by atoms with Crippen LogP contribution in [0.25, 0.3) is 0 Å². The summed E-state index contributed by atoms with van der Waals surface area (Å²) in [6.07, 6.45) is 6.70. The Morgan fingerprint density at radius 1 is 1.38 bits per heavy atom. The third kappa shape index (κ3) is 4.32. The fourth-order valence-electron chi connectivity index (χ4n) is 4.29. The fraction of sp³-hybridized carbons (Fsp3) is 0.524. The second-order valence-corrected chi connectivity index (χ2v) is 7.43. The first kappa shape index (κ1) is 18.6. The first-order valence-corrected chi connectivity index (χ1v) is 9.51. The molecule has 2 atom stereocenters. The van der Waals surface area contributed by atoms with Crippen molar-refractivity contribution in [3.63, 3.8) is 0 Å². The van der Waals surface area contributed by atoms with E-state index >= 15 is 0 Å². The highest BCUT2D eigenvalue weighted by Crippen LogP contribution is 2.36. The number of rotatable bonds is 6. The summed E-state index contributed by atoms with van der Waals surface area (Å²) in [6.45, 7) is 6.41. The lowest BCUT2D eigenvalue weighted by Crippen LogP contribution is -2.42. The van der Waals surface area contributed by atoms with E-state index in [1.807, 2.05) is 36.1 Å². The third-order valence-corrected chi connectivity index (χ3v) is 5.39. The van der Waals surface area contributed by atoms with E-state index in [1.54, 1.807) is 0 Å². The summed E-state index contributed by atoms with van der Waals surface area (Å²) in [6, 6.07) is 10.6. The van der Waals surface area contributed by atoms with Crippen molar-refractivity contribution < 1.29 is 0 Å². The number of aromatic nitrogens is 2. The van der Waals surface area contributed by atoms with Crippen LogP contribution in [0.3, 0.4) is 0 Å². The molecule has 0 spiro atoms. The van der Waals surface area contributed by atoms with E-state index in [2.05, 4.69) is 47.2 Å². The minimum Gasteiger partial charge on any atom is -0.302 e. The summed E-state index contributed by atoms with van der Waals surface area (Å²) in [4.78, 5) is 4.99. The Morgan fingerprint density at radius 3 is 2.92 bits per heavy atom. The van der Waals surface area contributed by atoms with Crippen molar-refractivity contribution in [3.8, 4) is 6.07 Å². The van der Waals surface area contributed by atoms with Crippen LogP contribution < -0.4 is 0 Å². The Morgan fingerprint density at radius 2 is 2.23 bits per heavy atom. The molecule has 0 radical (unpaired) electrons. The monoisotopic (exact) mass is 351 g/mol. The van der Waals surface area contributed by atoms with Crippen molar-refractivity contribution in [2.45, 2.75) is 32.4 Å². The molecule has 0 N–H and O–H groups in total. The molecule has 1 aliphatic rings. The van der Waals surface area contributed by atoms with Gasteiger partial charge in [-0.25, -0.2) is 0 Å². The Hall–Kier alpha value is -2.16. The molecule has 0 unspecified atom stereocenters. The number of hydrogen-bond donors (Lipinski definition) is 0. The summed E-state index contributed by atoms with van der Waals surface area (Å²) in [7, 11) is 4.18. The maximum absolute atomic E-state index is 9.10. The molecule has 26 heavy (non-hydrogen) atoms. The van der Waals surface area contributed by atoms with Crippen LogP contribution in [0.2, 0.25) is 0 Å². The minimum atomic E-state index is 0.440. The molecular formula is C21H29N5. The molecule has 1 aliphatic heterocycles. The first-order chi connectivity index (χ1) is 12.6. The Kier molecular flexibility index (Phi) is 6.08. The molecule has 0 saturated carbocycles. The maximum Gasteiger partial charge on any atom is 0.0991 e. The van der Waals surface area contributed by atoms with Gasteiger partial charge in [0.15, 0.2) is 0 Å². The van der Waals surface area contributed by atoms with Crippen molar-refractivity contribution in [3.05, 3.63) is 53.3 Å². The fourth-order valence-corrected chi connectivity index (χ4v) is 4.29. The minimum absolute atomic E-state index is 0.440. The topological polar surface area (TPSA) is 48.1 Å². The lowest BCUT2D eigenvalue weighted by molar-refractivity contribution is 0.0749. The van der Waals surface area contributed by atoms with Crippen LogP contribution >= 0.6 is 0 Å². The second-order valence-electron chi connectivity index (χ2n) is 7.43. The zero-order chi connectivity index (χ0) is 18.5. The number of likely N-dealkylation sites (tertiary alicyclic amines) is 1. The van der Waals surface area contributed by atoms with Gasteiger partial charge in [0.05, 0.1) is 17.8 Å². The number of hydrogen-bond acceptors (Lipinski definition) is 4. The van der Waals surface area contributed by atoms with Gasteiger partial charge in [-0.15, -0.1) is 0 Å². The summed E-state index contributed by atoms with van der Waals surface area (Å²) in [5.41, 5.74) is 3.27. The summed E-state index contributed by atoms with van der Waals surface area (Å²) in [5, 5.41) is 13.5. The zero-order valence-corrected chi connectivity index (χ0v) is 16.1. The van der Waals surface area contributed by atoms with Gasteiger partial charge in [0.2, 0.25) is 0 Å². The molecule has 3 rings (SSSR count). The molecule has 2 heterocycles. The molecule has 0 amide bonds. The lowest BCUT2D eigenvalue weighted by Gasteiger charge is -2.42. The van der Waals surface area contributed by atoms with Gasteiger partial charge in [0.1, 0.15) is 0 Å². The SMILES string of the molecule is CCN1CCC[C@@H](CN(C)Cc2cccc(C#N)c2)[C@@H]1c1cnn(C)c1. The van der Waals surface area contributed by atoms with E-state index in [9.17, 15) is 0 Å². The van der Waals surface area contributed by atoms with E-state index in [1.165, 1.54) is 30.5 Å². The molecule has 5 heteroatoms. The molecule has 1 fully saturated rings. The highest BCUT2D eigenvalue weighted by atomic mass is 15.3. The van der Waals surface area contributed by atoms with Gasteiger partial charge in [-0.3, -0.25) is 9.58 Å². The van der Waals surface area contributed by atoms with Crippen molar-refractivity contribution >= 4 is 0 Å². The largest absolute Gasteiger partial charge is 0.302 e. The normalized spacial score (nSPS) is 21.0. The number of benzene rings is 1. The van der Waals surface area contributed by atoms with Gasteiger partial charge in [0, 0.05) is 37.9 Å². The molecule has 0 bridgehead atoms. The Balaban J connectivity index is 1.72. The van der Waals surface area contributed by atoms with Crippen LogP contribution in [-0.4, -0.2) is 46.3 Å². The Bertz CT molecular complexity index is 760. The average Bonchev–Trinajstić information content (AvgIpc) is 3.07. The maximum atomic E-state index is 9.10. The molecule has 5 nitrogen and oxygen atoms in total. The molecule has 138 valence electrons. The summed E-state index contributed by atoms with van der Waals surface area (Å²) >= 11 is 0. The molecule has 1 saturated heterocycles.